The molecule has 1 fully saturated rings. The van der Waals surface area contributed by atoms with Gasteiger partial charge in [-0.2, -0.15) is 0 Å². The van der Waals surface area contributed by atoms with E-state index in [4.69, 9.17) is 14.6 Å². The van der Waals surface area contributed by atoms with Crippen molar-refractivity contribution in [3.63, 3.8) is 0 Å². The Balaban J connectivity index is 1.97. The van der Waals surface area contributed by atoms with E-state index in [9.17, 15) is 25.2 Å². The third-order valence-corrected chi connectivity index (χ3v) is 4.85. The highest BCUT2D eigenvalue weighted by atomic mass is 16.7. The molecule has 1 saturated heterocycles. The van der Waals surface area contributed by atoms with Gasteiger partial charge in [-0.1, -0.05) is 6.08 Å². The summed E-state index contributed by atoms with van der Waals surface area (Å²) in [4.78, 5) is 11.8. The van der Waals surface area contributed by atoms with E-state index in [1.54, 1.807) is 13.0 Å². The largest absolute Gasteiger partial charge is 0.394 e. The van der Waals surface area contributed by atoms with Gasteiger partial charge in [0.05, 0.1) is 18.8 Å². The minimum Gasteiger partial charge on any atom is -0.394 e. The molecule has 2 unspecified atom stereocenters. The molecular weight excluding hydrogens is 320 g/mol. The Morgan fingerprint density at radius 2 is 1.96 bits per heavy atom. The molecule has 8 nitrogen and oxygen atoms in total. The number of hydrogen-bond donors (Lipinski definition) is 5. The van der Waals surface area contributed by atoms with Gasteiger partial charge in [0.15, 0.2) is 12.1 Å². The summed E-state index contributed by atoms with van der Waals surface area (Å²) in [5.41, 5.74) is -0.664. The van der Waals surface area contributed by atoms with E-state index in [1.165, 1.54) is 6.92 Å². The van der Waals surface area contributed by atoms with E-state index in [0.717, 1.165) is 0 Å². The quantitative estimate of drug-likeness (QED) is 0.405. The highest BCUT2D eigenvalue weighted by Gasteiger charge is 2.45. The Morgan fingerprint density at radius 1 is 1.29 bits per heavy atom. The fourth-order valence-electron chi connectivity index (χ4n) is 2.95. The highest BCUT2D eigenvalue weighted by Crippen LogP contribution is 2.31. The first-order valence-electron chi connectivity index (χ1n) is 8.02. The van der Waals surface area contributed by atoms with Crippen LogP contribution in [0.4, 0.5) is 0 Å². The van der Waals surface area contributed by atoms with Gasteiger partial charge in [-0.15, -0.1) is 0 Å². The van der Waals surface area contributed by atoms with Crippen LogP contribution >= 0.6 is 0 Å². The van der Waals surface area contributed by atoms with Crippen LogP contribution in [0.3, 0.4) is 0 Å². The Morgan fingerprint density at radius 3 is 2.54 bits per heavy atom. The van der Waals surface area contributed by atoms with Gasteiger partial charge in [0, 0.05) is 12.3 Å². The van der Waals surface area contributed by atoms with Gasteiger partial charge >= 0.3 is 0 Å². The van der Waals surface area contributed by atoms with Crippen molar-refractivity contribution < 1.29 is 39.8 Å². The molecule has 1 aliphatic carbocycles. The standard InChI is InChI=1S/C16H26O8/c1-8-3-4-9(5-10(8)18)16(2,22)7-23-15-14(21)13(20)12(19)11(6-17)24-15/h3,9,11-15,17,19-22H,4-7H2,1-2H3/t9?,11-,12-,13+,14-,15-,16?/m1/s1. The number of rotatable bonds is 5. The summed E-state index contributed by atoms with van der Waals surface area (Å²) in [5, 5.41) is 49.1. The number of ether oxygens (including phenoxy) is 2. The van der Waals surface area contributed by atoms with Gasteiger partial charge in [-0.05, 0) is 25.8 Å². The second-order valence-electron chi connectivity index (χ2n) is 6.81. The van der Waals surface area contributed by atoms with Crippen LogP contribution in [0, 0.1) is 5.92 Å². The lowest BCUT2D eigenvalue weighted by molar-refractivity contribution is -0.309. The molecule has 2 rings (SSSR count). The molecule has 0 aromatic carbocycles. The third-order valence-electron chi connectivity index (χ3n) is 4.85. The molecular formula is C16H26O8. The van der Waals surface area contributed by atoms with E-state index in [1.807, 2.05) is 0 Å². The second kappa shape index (κ2) is 7.57. The van der Waals surface area contributed by atoms with Gasteiger partial charge < -0.3 is 35.0 Å². The summed E-state index contributed by atoms with van der Waals surface area (Å²) in [7, 11) is 0. The molecule has 5 N–H and O–H groups in total. The van der Waals surface area contributed by atoms with Crippen LogP contribution in [0.5, 0.6) is 0 Å². The predicted octanol–water partition coefficient (Wildman–Crippen LogP) is -1.52. The summed E-state index contributed by atoms with van der Waals surface area (Å²) in [6.07, 6.45) is -4.38. The SMILES string of the molecule is CC1=CCC(C(C)(O)CO[C@@H]2O[C@H](CO)[C@@H](O)[C@H](O)[C@H]2O)CC1=O. The lowest BCUT2D eigenvalue weighted by Crippen LogP contribution is -2.59. The van der Waals surface area contributed by atoms with E-state index in [0.29, 0.717) is 12.0 Å². The van der Waals surface area contributed by atoms with Crippen LogP contribution in [0.25, 0.3) is 0 Å². The third kappa shape index (κ3) is 4.02. The van der Waals surface area contributed by atoms with Crippen LogP contribution in [0.2, 0.25) is 0 Å². The lowest BCUT2D eigenvalue weighted by Gasteiger charge is -2.41. The maximum atomic E-state index is 11.8. The number of carbonyl (C=O) groups is 1. The minimum atomic E-state index is -1.53. The fourth-order valence-corrected chi connectivity index (χ4v) is 2.95. The van der Waals surface area contributed by atoms with Crippen molar-refractivity contribution in [2.24, 2.45) is 5.92 Å². The number of aliphatic hydroxyl groups is 5. The molecule has 0 saturated carbocycles. The summed E-state index contributed by atoms with van der Waals surface area (Å²) >= 11 is 0. The zero-order valence-corrected chi connectivity index (χ0v) is 13.8. The highest BCUT2D eigenvalue weighted by molar-refractivity contribution is 5.95. The van der Waals surface area contributed by atoms with Crippen molar-refractivity contribution in [3.8, 4) is 0 Å². The molecule has 1 heterocycles. The normalized spacial score (nSPS) is 40.1. The average Bonchev–Trinajstić information content (AvgIpc) is 2.54. The average molecular weight is 346 g/mol. The van der Waals surface area contributed by atoms with Crippen molar-refractivity contribution in [1.29, 1.82) is 0 Å². The zero-order chi connectivity index (χ0) is 18.1. The molecule has 24 heavy (non-hydrogen) atoms. The molecule has 2 aliphatic rings. The summed E-state index contributed by atoms with van der Waals surface area (Å²) in [6.45, 7) is 2.48. The van der Waals surface area contributed by atoms with E-state index >= 15 is 0 Å². The Kier molecular flexibility index (Phi) is 6.14. The second-order valence-corrected chi connectivity index (χ2v) is 6.81. The van der Waals surface area contributed by atoms with Crippen LogP contribution in [-0.2, 0) is 14.3 Å². The topological polar surface area (TPSA) is 137 Å². The van der Waals surface area contributed by atoms with Gasteiger partial charge in [-0.25, -0.2) is 0 Å². The molecule has 0 bridgehead atoms. The number of Topliss-reactive ketones (excluding diaryl/α,β-unsaturated/α-hetero) is 1. The van der Waals surface area contributed by atoms with Crippen LogP contribution < -0.4 is 0 Å². The molecule has 0 aromatic heterocycles. The monoisotopic (exact) mass is 346 g/mol. The molecule has 138 valence electrons. The van der Waals surface area contributed by atoms with E-state index < -0.39 is 42.9 Å². The first-order chi connectivity index (χ1) is 11.2. The zero-order valence-electron chi connectivity index (χ0n) is 13.8. The predicted molar refractivity (Wildman–Crippen MR) is 81.8 cm³/mol. The van der Waals surface area contributed by atoms with Gasteiger partial charge in [0.1, 0.15) is 24.4 Å². The van der Waals surface area contributed by atoms with Gasteiger partial charge in [0.25, 0.3) is 0 Å². The number of carbonyl (C=O) groups excluding carboxylic acids is 1. The van der Waals surface area contributed by atoms with Crippen molar-refractivity contribution in [1.82, 2.24) is 0 Å². The molecule has 7 atom stereocenters. The molecule has 0 amide bonds. The first-order valence-corrected chi connectivity index (χ1v) is 8.02. The maximum Gasteiger partial charge on any atom is 0.186 e. The molecule has 0 spiro atoms. The van der Waals surface area contributed by atoms with Crippen molar-refractivity contribution >= 4 is 5.78 Å². The van der Waals surface area contributed by atoms with Crippen LogP contribution in [0.1, 0.15) is 26.7 Å². The first kappa shape index (κ1) is 19.5. The summed E-state index contributed by atoms with van der Waals surface area (Å²) in [6, 6.07) is 0. The Labute approximate surface area is 140 Å². The molecule has 0 aromatic rings. The fraction of sp³-hybridized carbons (Fsp3) is 0.812. The molecule has 1 aliphatic heterocycles. The lowest BCUT2D eigenvalue weighted by atomic mass is 9.78. The smallest absolute Gasteiger partial charge is 0.186 e. The van der Waals surface area contributed by atoms with Crippen LogP contribution in [-0.4, -0.2) is 80.8 Å². The summed E-state index contributed by atoms with van der Waals surface area (Å²) in [5.74, 6) is -0.363. The van der Waals surface area contributed by atoms with Crippen molar-refractivity contribution in [2.75, 3.05) is 13.2 Å². The van der Waals surface area contributed by atoms with E-state index in [2.05, 4.69) is 0 Å². The maximum absolute atomic E-state index is 11.8. The minimum absolute atomic E-state index is 0.0284. The number of allylic oxidation sites excluding steroid dienone is 2. The number of ketones is 1. The Bertz CT molecular complexity index is 486. The van der Waals surface area contributed by atoms with Gasteiger partial charge in [0.2, 0.25) is 0 Å². The Hall–Kier alpha value is -0.870. The van der Waals surface area contributed by atoms with E-state index in [-0.39, 0.29) is 24.7 Å². The molecule has 8 heteroatoms. The van der Waals surface area contributed by atoms with Gasteiger partial charge in [-0.3, -0.25) is 4.79 Å². The number of aliphatic hydroxyl groups excluding tert-OH is 4. The van der Waals surface area contributed by atoms with Crippen LogP contribution in [0.15, 0.2) is 11.6 Å². The summed E-state index contributed by atoms with van der Waals surface area (Å²) < 4.78 is 10.6. The van der Waals surface area contributed by atoms with Crippen molar-refractivity contribution in [3.05, 3.63) is 11.6 Å². The number of hydrogen-bond acceptors (Lipinski definition) is 8. The van der Waals surface area contributed by atoms with Crippen molar-refractivity contribution in [2.45, 2.75) is 63.0 Å². The molecule has 0 radical (unpaired) electrons.